The summed E-state index contributed by atoms with van der Waals surface area (Å²) in [5.41, 5.74) is 0.294. The smallest absolute Gasteiger partial charge is 0.230 e. The van der Waals surface area contributed by atoms with Crippen molar-refractivity contribution in [3.8, 4) is 0 Å². The highest BCUT2D eigenvalue weighted by molar-refractivity contribution is 6.35. The summed E-state index contributed by atoms with van der Waals surface area (Å²) in [7, 11) is 0. The van der Waals surface area contributed by atoms with E-state index < -0.39 is 0 Å². The molecule has 1 aliphatic heterocycles. The lowest BCUT2D eigenvalue weighted by molar-refractivity contribution is -0.127. The van der Waals surface area contributed by atoms with Gasteiger partial charge < -0.3 is 10.6 Å². The number of anilines is 1. The van der Waals surface area contributed by atoms with E-state index in [-0.39, 0.29) is 11.3 Å². The molecule has 1 saturated heterocycles. The summed E-state index contributed by atoms with van der Waals surface area (Å²) < 4.78 is 0. The Labute approximate surface area is 123 Å². The van der Waals surface area contributed by atoms with Gasteiger partial charge in [-0.15, -0.1) is 0 Å². The van der Waals surface area contributed by atoms with E-state index in [4.69, 9.17) is 23.2 Å². The molecule has 1 aliphatic rings. The average Bonchev–Trinajstić information content (AvgIpc) is 2.43. The monoisotopic (exact) mass is 300 g/mol. The van der Waals surface area contributed by atoms with Crippen LogP contribution in [0.5, 0.6) is 0 Å². The Morgan fingerprint density at radius 3 is 2.68 bits per heavy atom. The van der Waals surface area contributed by atoms with E-state index in [0.29, 0.717) is 15.7 Å². The second-order valence-electron chi connectivity index (χ2n) is 4.96. The zero-order valence-electron chi connectivity index (χ0n) is 10.9. The maximum Gasteiger partial charge on any atom is 0.230 e. The fraction of sp³-hybridized carbons (Fsp3) is 0.500. The summed E-state index contributed by atoms with van der Waals surface area (Å²) >= 11 is 12.0. The first-order chi connectivity index (χ1) is 9.07. The standard InChI is InChI=1S/C14H18Cl2N2O/c1-2-14(5-7-17-8-6-14)13(19)18-12-9-10(15)3-4-11(12)16/h3-4,9,17H,2,5-8H2,1H3,(H,18,19). The van der Waals surface area contributed by atoms with Gasteiger partial charge in [0.25, 0.3) is 0 Å². The first-order valence-electron chi connectivity index (χ1n) is 6.54. The Bertz CT molecular complexity index is 471. The van der Waals surface area contributed by atoms with Crippen LogP contribution in [-0.4, -0.2) is 19.0 Å². The van der Waals surface area contributed by atoms with Crippen molar-refractivity contribution in [2.75, 3.05) is 18.4 Å². The maximum absolute atomic E-state index is 12.5. The van der Waals surface area contributed by atoms with E-state index in [9.17, 15) is 4.79 Å². The first-order valence-corrected chi connectivity index (χ1v) is 7.30. The van der Waals surface area contributed by atoms with Gasteiger partial charge in [0.15, 0.2) is 0 Å². The summed E-state index contributed by atoms with van der Waals surface area (Å²) in [6.07, 6.45) is 2.54. The fourth-order valence-corrected chi connectivity index (χ4v) is 2.83. The van der Waals surface area contributed by atoms with Crippen molar-refractivity contribution in [2.45, 2.75) is 26.2 Å². The van der Waals surface area contributed by atoms with Crippen molar-refractivity contribution in [1.29, 1.82) is 0 Å². The predicted molar refractivity (Wildman–Crippen MR) is 79.9 cm³/mol. The van der Waals surface area contributed by atoms with Crippen LogP contribution < -0.4 is 10.6 Å². The molecule has 2 N–H and O–H groups in total. The van der Waals surface area contributed by atoms with Gasteiger partial charge >= 0.3 is 0 Å². The second-order valence-corrected chi connectivity index (χ2v) is 5.81. The highest BCUT2D eigenvalue weighted by Crippen LogP contribution is 2.35. The molecular weight excluding hydrogens is 283 g/mol. The molecule has 3 nitrogen and oxygen atoms in total. The van der Waals surface area contributed by atoms with E-state index in [1.807, 2.05) is 0 Å². The Balaban J connectivity index is 2.17. The summed E-state index contributed by atoms with van der Waals surface area (Å²) in [5.74, 6) is 0.0423. The van der Waals surface area contributed by atoms with Crippen LogP contribution >= 0.6 is 23.2 Å². The number of hydrogen-bond donors (Lipinski definition) is 2. The summed E-state index contributed by atoms with van der Waals surface area (Å²) in [5, 5.41) is 7.29. The maximum atomic E-state index is 12.5. The van der Waals surface area contributed by atoms with Crippen molar-refractivity contribution < 1.29 is 4.79 Å². The molecule has 0 aliphatic carbocycles. The average molecular weight is 301 g/mol. The van der Waals surface area contributed by atoms with Gasteiger partial charge in [-0.25, -0.2) is 0 Å². The van der Waals surface area contributed by atoms with E-state index in [0.717, 1.165) is 32.4 Å². The van der Waals surface area contributed by atoms with Gasteiger partial charge in [-0.1, -0.05) is 30.1 Å². The molecule has 1 fully saturated rings. The number of benzene rings is 1. The minimum atomic E-state index is -0.295. The highest BCUT2D eigenvalue weighted by atomic mass is 35.5. The van der Waals surface area contributed by atoms with Gasteiger partial charge in [0.2, 0.25) is 5.91 Å². The molecule has 104 valence electrons. The fourth-order valence-electron chi connectivity index (χ4n) is 2.49. The molecule has 0 atom stereocenters. The third-order valence-electron chi connectivity index (χ3n) is 3.90. The molecule has 0 spiro atoms. The topological polar surface area (TPSA) is 41.1 Å². The Morgan fingerprint density at radius 2 is 2.05 bits per heavy atom. The minimum Gasteiger partial charge on any atom is -0.324 e. The van der Waals surface area contributed by atoms with E-state index >= 15 is 0 Å². The zero-order valence-corrected chi connectivity index (χ0v) is 12.4. The quantitative estimate of drug-likeness (QED) is 0.893. The Morgan fingerprint density at radius 1 is 1.37 bits per heavy atom. The first kappa shape index (κ1) is 14.6. The number of carbonyl (C=O) groups excluding carboxylic acids is 1. The summed E-state index contributed by atoms with van der Waals surface area (Å²) in [6.45, 7) is 3.82. The predicted octanol–water partition coefficient (Wildman–Crippen LogP) is 3.71. The van der Waals surface area contributed by atoms with E-state index in [1.54, 1.807) is 18.2 Å². The van der Waals surface area contributed by atoms with Crippen molar-refractivity contribution in [2.24, 2.45) is 5.41 Å². The van der Waals surface area contributed by atoms with E-state index in [2.05, 4.69) is 17.6 Å². The lowest BCUT2D eigenvalue weighted by atomic mass is 9.76. The molecule has 0 bridgehead atoms. The van der Waals surface area contributed by atoms with Crippen LogP contribution in [0.2, 0.25) is 10.0 Å². The number of halogens is 2. The van der Waals surface area contributed by atoms with Crippen LogP contribution in [0, 0.1) is 5.41 Å². The molecule has 5 heteroatoms. The minimum absolute atomic E-state index is 0.0423. The van der Waals surface area contributed by atoms with Crippen LogP contribution in [0.25, 0.3) is 0 Å². The lowest BCUT2D eigenvalue weighted by Gasteiger charge is -2.35. The van der Waals surface area contributed by atoms with Crippen LogP contribution in [0.3, 0.4) is 0 Å². The van der Waals surface area contributed by atoms with Crippen LogP contribution in [0.4, 0.5) is 5.69 Å². The van der Waals surface area contributed by atoms with Gasteiger partial charge in [-0.3, -0.25) is 4.79 Å². The van der Waals surface area contributed by atoms with Crippen molar-refractivity contribution >= 4 is 34.8 Å². The number of nitrogens with one attached hydrogen (secondary N) is 2. The SMILES string of the molecule is CCC1(C(=O)Nc2cc(Cl)ccc2Cl)CCNCC1. The van der Waals surface area contributed by atoms with Crippen molar-refractivity contribution in [3.05, 3.63) is 28.2 Å². The molecule has 1 aromatic carbocycles. The number of hydrogen-bond acceptors (Lipinski definition) is 2. The van der Waals surface area contributed by atoms with E-state index in [1.165, 1.54) is 0 Å². The summed E-state index contributed by atoms with van der Waals surface area (Å²) in [4.78, 5) is 12.5. The number of piperidine rings is 1. The zero-order chi connectivity index (χ0) is 13.9. The Hall–Kier alpha value is -0.770. The van der Waals surface area contributed by atoms with Gasteiger partial charge in [0.05, 0.1) is 16.1 Å². The van der Waals surface area contributed by atoms with Crippen LogP contribution in [0.15, 0.2) is 18.2 Å². The van der Waals surface area contributed by atoms with Gasteiger partial charge in [-0.05, 0) is 50.6 Å². The summed E-state index contributed by atoms with van der Waals surface area (Å²) in [6, 6.07) is 5.09. The molecule has 2 rings (SSSR count). The normalized spacial score (nSPS) is 18.1. The van der Waals surface area contributed by atoms with Gasteiger partial charge in [-0.2, -0.15) is 0 Å². The molecule has 0 unspecified atom stereocenters. The molecule has 19 heavy (non-hydrogen) atoms. The largest absolute Gasteiger partial charge is 0.324 e. The molecule has 0 aromatic heterocycles. The van der Waals surface area contributed by atoms with Gasteiger partial charge in [0, 0.05) is 5.02 Å². The highest BCUT2D eigenvalue weighted by Gasteiger charge is 2.37. The molecule has 1 amide bonds. The number of amides is 1. The Kier molecular flexibility index (Phi) is 4.71. The second kappa shape index (κ2) is 6.12. The lowest BCUT2D eigenvalue weighted by Crippen LogP contribution is -2.44. The third-order valence-corrected chi connectivity index (χ3v) is 4.46. The molecular formula is C14H18Cl2N2O. The van der Waals surface area contributed by atoms with Crippen LogP contribution in [0.1, 0.15) is 26.2 Å². The molecule has 0 saturated carbocycles. The van der Waals surface area contributed by atoms with Crippen LogP contribution in [-0.2, 0) is 4.79 Å². The molecule has 1 aromatic rings. The van der Waals surface area contributed by atoms with Gasteiger partial charge in [0.1, 0.15) is 0 Å². The molecule has 1 heterocycles. The van der Waals surface area contributed by atoms with Crippen molar-refractivity contribution in [3.63, 3.8) is 0 Å². The number of rotatable bonds is 3. The third kappa shape index (κ3) is 3.22. The molecule has 0 radical (unpaired) electrons. The number of carbonyl (C=O) groups is 1. The van der Waals surface area contributed by atoms with Crippen molar-refractivity contribution in [1.82, 2.24) is 5.32 Å².